The van der Waals surface area contributed by atoms with Gasteiger partial charge in [-0.15, -0.1) is 0 Å². The fourth-order valence-corrected chi connectivity index (χ4v) is 1.69. The van der Waals surface area contributed by atoms with Crippen LogP contribution in [0.3, 0.4) is 0 Å². The Morgan fingerprint density at radius 3 is 2.86 bits per heavy atom. The fraction of sp³-hybridized carbons (Fsp3) is 0.667. The molecule has 0 saturated carbocycles. The number of aromatic nitrogens is 2. The average Bonchev–Trinajstić information content (AvgIpc) is 2.39. The highest BCUT2D eigenvalue weighted by atomic mass is 32.2. The van der Waals surface area contributed by atoms with Gasteiger partial charge in [-0.1, -0.05) is 0 Å². The summed E-state index contributed by atoms with van der Waals surface area (Å²) in [6, 6.07) is 2.05. The zero-order chi connectivity index (χ0) is 10.6. The minimum absolute atomic E-state index is 0.705. The topological polar surface area (TPSA) is 46.9 Å². The van der Waals surface area contributed by atoms with E-state index >= 15 is 0 Å². The maximum Gasteiger partial charge on any atom is 0.0597 e. The van der Waals surface area contributed by atoms with Crippen LogP contribution in [0.15, 0.2) is 6.07 Å². The van der Waals surface area contributed by atoms with E-state index in [0.29, 0.717) is 5.75 Å². The summed E-state index contributed by atoms with van der Waals surface area (Å²) < 4.78 is 12.6. The van der Waals surface area contributed by atoms with E-state index in [1.54, 1.807) is 6.26 Å². The van der Waals surface area contributed by atoms with Crippen molar-refractivity contribution < 1.29 is 4.21 Å². The smallest absolute Gasteiger partial charge is 0.0597 e. The normalized spacial score (nSPS) is 13.1. The molecule has 1 heterocycles. The lowest BCUT2D eigenvalue weighted by Crippen LogP contribution is -2.21. The third kappa shape index (κ3) is 3.59. The van der Waals surface area contributed by atoms with Gasteiger partial charge in [0.15, 0.2) is 0 Å². The van der Waals surface area contributed by atoms with E-state index < -0.39 is 10.8 Å². The number of rotatable bonds is 5. The van der Waals surface area contributed by atoms with Crippen molar-refractivity contribution in [3.8, 4) is 0 Å². The van der Waals surface area contributed by atoms with E-state index in [2.05, 4.69) is 16.5 Å². The van der Waals surface area contributed by atoms with Crippen molar-refractivity contribution in [3.63, 3.8) is 0 Å². The summed E-state index contributed by atoms with van der Waals surface area (Å²) in [6.45, 7) is 3.55. The van der Waals surface area contributed by atoms with Crippen LogP contribution in [-0.4, -0.2) is 32.5 Å². The van der Waals surface area contributed by atoms with Crippen molar-refractivity contribution in [1.82, 2.24) is 15.1 Å². The number of aryl methyl sites for hydroxylation is 2. The van der Waals surface area contributed by atoms with Crippen molar-refractivity contribution in [2.75, 3.05) is 18.6 Å². The maximum absolute atomic E-state index is 10.8. The lowest BCUT2D eigenvalue weighted by atomic mass is 10.3. The molecule has 0 aromatic carbocycles. The lowest BCUT2D eigenvalue weighted by molar-refractivity contribution is 0.637. The summed E-state index contributed by atoms with van der Waals surface area (Å²) in [4.78, 5) is 0. The van der Waals surface area contributed by atoms with Crippen LogP contribution in [0.2, 0.25) is 0 Å². The van der Waals surface area contributed by atoms with Crippen molar-refractivity contribution in [2.24, 2.45) is 7.05 Å². The first-order valence-corrected chi connectivity index (χ1v) is 6.32. The van der Waals surface area contributed by atoms with Crippen molar-refractivity contribution >= 4 is 10.8 Å². The largest absolute Gasteiger partial charge is 0.310 e. The molecule has 0 saturated heterocycles. The number of hydrogen-bond acceptors (Lipinski definition) is 3. The highest BCUT2D eigenvalue weighted by Gasteiger charge is 2.00. The Labute approximate surface area is 87.2 Å². The Morgan fingerprint density at radius 1 is 1.64 bits per heavy atom. The predicted molar refractivity (Wildman–Crippen MR) is 58.6 cm³/mol. The van der Waals surface area contributed by atoms with Gasteiger partial charge in [0.2, 0.25) is 0 Å². The molecule has 0 spiro atoms. The summed E-state index contributed by atoms with van der Waals surface area (Å²) in [6.07, 6.45) is 1.72. The number of nitrogens with one attached hydrogen (secondary N) is 1. The molecule has 14 heavy (non-hydrogen) atoms. The van der Waals surface area contributed by atoms with E-state index in [4.69, 9.17) is 0 Å². The van der Waals surface area contributed by atoms with Gasteiger partial charge in [-0.25, -0.2) is 0 Å². The summed E-state index contributed by atoms with van der Waals surface area (Å²) in [7, 11) is 1.22. The molecule has 80 valence electrons. The van der Waals surface area contributed by atoms with E-state index in [9.17, 15) is 4.21 Å². The molecule has 0 fully saturated rings. The minimum atomic E-state index is -0.709. The van der Waals surface area contributed by atoms with Gasteiger partial charge in [0.05, 0.1) is 11.4 Å². The van der Waals surface area contributed by atoms with E-state index in [0.717, 1.165) is 24.5 Å². The molecular weight excluding hydrogens is 198 g/mol. The van der Waals surface area contributed by atoms with Crippen LogP contribution < -0.4 is 5.32 Å². The molecule has 5 heteroatoms. The van der Waals surface area contributed by atoms with Gasteiger partial charge in [0.25, 0.3) is 0 Å². The van der Waals surface area contributed by atoms with Crippen LogP contribution in [0.25, 0.3) is 0 Å². The summed E-state index contributed by atoms with van der Waals surface area (Å²) >= 11 is 0. The molecule has 1 aromatic rings. The zero-order valence-electron chi connectivity index (χ0n) is 8.91. The summed E-state index contributed by atoms with van der Waals surface area (Å²) in [5.41, 5.74) is 2.19. The highest BCUT2D eigenvalue weighted by Crippen LogP contribution is 2.00. The molecule has 0 aliphatic carbocycles. The van der Waals surface area contributed by atoms with Crippen LogP contribution in [0, 0.1) is 6.92 Å². The van der Waals surface area contributed by atoms with E-state index in [1.807, 2.05) is 18.7 Å². The van der Waals surface area contributed by atoms with Crippen LogP contribution in [-0.2, 0) is 24.4 Å². The molecule has 1 unspecified atom stereocenters. The molecule has 0 bridgehead atoms. The van der Waals surface area contributed by atoms with Crippen molar-refractivity contribution in [2.45, 2.75) is 13.5 Å². The molecule has 1 N–H and O–H groups in total. The van der Waals surface area contributed by atoms with Crippen molar-refractivity contribution in [3.05, 3.63) is 17.5 Å². The molecule has 0 aliphatic heterocycles. The third-order valence-corrected chi connectivity index (χ3v) is 2.75. The molecular formula is C9H17N3OS. The average molecular weight is 215 g/mol. The van der Waals surface area contributed by atoms with Crippen LogP contribution >= 0.6 is 0 Å². The fourth-order valence-electron chi connectivity index (χ4n) is 1.26. The van der Waals surface area contributed by atoms with Gasteiger partial charge in [-0.2, -0.15) is 5.10 Å². The highest BCUT2D eigenvalue weighted by molar-refractivity contribution is 7.84. The Kier molecular flexibility index (Phi) is 4.28. The molecule has 1 aromatic heterocycles. The van der Waals surface area contributed by atoms with Crippen LogP contribution in [0.1, 0.15) is 11.4 Å². The molecule has 1 rings (SSSR count). The van der Waals surface area contributed by atoms with Gasteiger partial charge < -0.3 is 5.32 Å². The van der Waals surface area contributed by atoms with Gasteiger partial charge in [0, 0.05) is 42.9 Å². The first kappa shape index (κ1) is 11.4. The SMILES string of the molecule is Cc1cc(CNCCS(C)=O)n(C)n1. The molecule has 1 atom stereocenters. The van der Waals surface area contributed by atoms with E-state index in [1.165, 1.54) is 0 Å². The monoisotopic (exact) mass is 215 g/mol. The molecule has 0 amide bonds. The zero-order valence-corrected chi connectivity index (χ0v) is 9.73. The number of hydrogen-bond donors (Lipinski definition) is 1. The second-order valence-electron chi connectivity index (χ2n) is 3.35. The maximum atomic E-state index is 10.8. The minimum Gasteiger partial charge on any atom is -0.310 e. The Morgan fingerprint density at radius 2 is 2.36 bits per heavy atom. The predicted octanol–water partition coefficient (Wildman–Crippen LogP) is 0.197. The molecule has 0 aliphatic rings. The first-order valence-electron chi connectivity index (χ1n) is 4.60. The third-order valence-electron chi connectivity index (χ3n) is 1.97. The van der Waals surface area contributed by atoms with Gasteiger partial charge >= 0.3 is 0 Å². The van der Waals surface area contributed by atoms with Crippen LogP contribution in [0.5, 0.6) is 0 Å². The van der Waals surface area contributed by atoms with Crippen LogP contribution in [0.4, 0.5) is 0 Å². The Hall–Kier alpha value is -0.680. The first-order chi connectivity index (χ1) is 6.59. The Bertz CT molecular complexity index is 322. The second-order valence-corrected chi connectivity index (χ2v) is 4.91. The van der Waals surface area contributed by atoms with Gasteiger partial charge in [-0.3, -0.25) is 8.89 Å². The lowest BCUT2D eigenvalue weighted by Gasteiger charge is -2.03. The quantitative estimate of drug-likeness (QED) is 0.714. The summed E-state index contributed by atoms with van der Waals surface area (Å²) in [5.74, 6) is 0.705. The van der Waals surface area contributed by atoms with Gasteiger partial charge in [0.1, 0.15) is 0 Å². The van der Waals surface area contributed by atoms with Gasteiger partial charge in [-0.05, 0) is 13.0 Å². The van der Waals surface area contributed by atoms with E-state index in [-0.39, 0.29) is 0 Å². The molecule has 4 nitrogen and oxygen atoms in total. The second kappa shape index (κ2) is 5.26. The molecule has 0 radical (unpaired) electrons. The number of nitrogens with zero attached hydrogens (tertiary/aromatic N) is 2. The van der Waals surface area contributed by atoms with Crippen molar-refractivity contribution in [1.29, 1.82) is 0 Å². The Balaban J connectivity index is 2.31. The standard InChI is InChI=1S/C9H17N3OS/c1-8-6-9(12(2)11-8)7-10-4-5-14(3)13/h6,10H,4-5,7H2,1-3H3. The summed E-state index contributed by atoms with van der Waals surface area (Å²) in [5, 5.41) is 7.47.